The Kier molecular flexibility index (Phi) is 6.99. The van der Waals surface area contributed by atoms with Crippen LogP contribution in [0, 0.1) is 6.92 Å². The van der Waals surface area contributed by atoms with Crippen LogP contribution in [0.2, 0.25) is 0 Å². The van der Waals surface area contributed by atoms with Gasteiger partial charge in [0.25, 0.3) is 5.91 Å². The molecule has 0 saturated heterocycles. The number of nitrogens with one attached hydrogen (secondary N) is 2. The van der Waals surface area contributed by atoms with Crippen LogP contribution in [-0.4, -0.2) is 39.2 Å². The van der Waals surface area contributed by atoms with E-state index in [0.717, 1.165) is 5.56 Å². The van der Waals surface area contributed by atoms with Gasteiger partial charge in [-0.05, 0) is 48.9 Å². The molecule has 2 amide bonds. The summed E-state index contributed by atoms with van der Waals surface area (Å²) in [6, 6.07) is 12.2. The van der Waals surface area contributed by atoms with E-state index in [2.05, 4.69) is 10.6 Å². The number of benzene rings is 2. The second-order valence-electron chi connectivity index (χ2n) is 5.55. The van der Waals surface area contributed by atoms with Gasteiger partial charge in [0.15, 0.2) is 18.1 Å². The van der Waals surface area contributed by atoms with E-state index < -0.39 is 0 Å². The first-order chi connectivity index (χ1) is 12.5. The van der Waals surface area contributed by atoms with Crippen molar-refractivity contribution < 1.29 is 23.8 Å². The van der Waals surface area contributed by atoms with E-state index in [1.54, 1.807) is 37.4 Å². The first-order valence-corrected chi connectivity index (χ1v) is 7.98. The van der Waals surface area contributed by atoms with Gasteiger partial charge in [0, 0.05) is 18.5 Å². The average molecular weight is 358 g/mol. The zero-order valence-corrected chi connectivity index (χ0v) is 15.0. The summed E-state index contributed by atoms with van der Waals surface area (Å²) in [7, 11) is 3.00. The second-order valence-corrected chi connectivity index (χ2v) is 5.55. The lowest BCUT2D eigenvalue weighted by molar-refractivity contribution is -0.120. The van der Waals surface area contributed by atoms with Gasteiger partial charge in [-0.25, -0.2) is 0 Å². The van der Waals surface area contributed by atoms with Gasteiger partial charge in [-0.2, -0.15) is 0 Å². The summed E-state index contributed by atoms with van der Waals surface area (Å²) < 4.78 is 15.5. The van der Waals surface area contributed by atoms with Crippen LogP contribution in [0.3, 0.4) is 0 Å². The molecule has 2 N–H and O–H groups in total. The monoisotopic (exact) mass is 358 g/mol. The molecule has 7 heteroatoms. The molecule has 2 aromatic rings. The van der Waals surface area contributed by atoms with Crippen LogP contribution >= 0.6 is 0 Å². The fraction of sp³-hybridized carbons (Fsp3) is 0.263. The highest BCUT2D eigenvalue weighted by atomic mass is 16.5. The number of aryl methyl sites for hydroxylation is 1. The Balaban J connectivity index is 1.87. The first-order valence-electron chi connectivity index (χ1n) is 7.98. The van der Waals surface area contributed by atoms with E-state index >= 15 is 0 Å². The Labute approximate surface area is 152 Å². The molecule has 2 rings (SSSR count). The first kappa shape index (κ1) is 19.3. The van der Waals surface area contributed by atoms with Gasteiger partial charge in [0.2, 0.25) is 5.91 Å². The summed E-state index contributed by atoms with van der Waals surface area (Å²) in [5, 5.41) is 5.40. The lowest BCUT2D eigenvalue weighted by Gasteiger charge is -2.12. The van der Waals surface area contributed by atoms with Gasteiger partial charge in [-0.15, -0.1) is 0 Å². The minimum atomic E-state index is -0.302. The van der Waals surface area contributed by atoms with E-state index in [-0.39, 0.29) is 25.0 Å². The smallest absolute Gasteiger partial charge is 0.262 e. The number of amides is 2. The van der Waals surface area contributed by atoms with E-state index in [0.29, 0.717) is 22.9 Å². The molecule has 0 aliphatic rings. The predicted molar refractivity (Wildman–Crippen MR) is 98.8 cm³/mol. The largest absolute Gasteiger partial charge is 0.493 e. The summed E-state index contributed by atoms with van der Waals surface area (Å²) in [5.74, 6) is 0.534. The van der Waals surface area contributed by atoms with E-state index in [4.69, 9.17) is 14.2 Å². The summed E-state index contributed by atoms with van der Waals surface area (Å²) >= 11 is 0. The molecule has 0 aliphatic carbocycles. The molecule has 7 nitrogen and oxygen atoms in total. The van der Waals surface area contributed by atoms with E-state index in [9.17, 15) is 9.59 Å². The molecular formula is C19H22N2O5. The van der Waals surface area contributed by atoms with Gasteiger partial charge in [-0.1, -0.05) is 6.07 Å². The van der Waals surface area contributed by atoms with E-state index in [1.165, 1.54) is 7.11 Å². The van der Waals surface area contributed by atoms with E-state index in [1.807, 2.05) is 19.1 Å². The molecule has 138 valence electrons. The fourth-order valence-electron chi connectivity index (χ4n) is 2.20. The third-order valence-corrected chi connectivity index (χ3v) is 3.41. The number of carbonyl (C=O) groups is 2. The van der Waals surface area contributed by atoms with Gasteiger partial charge in [0.05, 0.1) is 7.11 Å². The highest BCUT2D eigenvalue weighted by Gasteiger charge is 2.08. The number of anilines is 2. The van der Waals surface area contributed by atoms with Crippen molar-refractivity contribution in [3.8, 4) is 11.5 Å². The lowest BCUT2D eigenvalue weighted by Crippen LogP contribution is -2.20. The number of carbonyl (C=O) groups excluding carboxylic acids is 2. The Morgan fingerprint density at radius 2 is 1.42 bits per heavy atom. The summed E-state index contributed by atoms with van der Waals surface area (Å²) in [6.07, 6.45) is 0. The normalized spacial score (nSPS) is 10.1. The third kappa shape index (κ3) is 5.78. The Morgan fingerprint density at radius 3 is 1.96 bits per heavy atom. The Hall–Kier alpha value is -3.06. The van der Waals surface area contributed by atoms with Crippen molar-refractivity contribution in [2.75, 3.05) is 38.1 Å². The highest BCUT2D eigenvalue weighted by molar-refractivity contribution is 5.94. The zero-order valence-electron chi connectivity index (χ0n) is 15.0. The third-order valence-electron chi connectivity index (χ3n) is 3.41. The number of rotatable bonds is 8. The number of hydrogen-bond acceptors (Lipinski definition) is 5. The molecule has 0 heterocycles. The van der Waals surface area contributed by atoms with Crippen molar-refractivity contribution in [3.63, 3.8) is 0 Å². The quantitative estimate of drug-likeness (QED) is 0.758. The van der Waals surface area contributed by atoms with Crippen LogP contribution in [0.25, 0.3) is 0 Å². The maximum absolute atomic E-state index is 12.0. The number of ether oxygens (including phenoxy) is 3. The fourth-order valence-corrected chi connectivity index (χ4v) is 2.20. The van der Waals surface area contributed by atoms with Gasteiger partial charge in [0.1, 0.15) is 6.61 Å². The minimum Gasteiger partial charge on any atom is -0.493 e. The van der Waals surface area contributed by atoms with Crippen molar-refractivity contribution in [1.29, 1.82) is 0 Å². The molecule has 0 bridgehead atoms. The molecule has 2 aromatic carbocycles. The molecule has 0 unspecified atom stereocenters. The van der Waals surface area contributed by atoms with Crippen molar-refractivity contribution in [2.24, 2.45) is 0 Å². The molecule has 26 heavy (non-hydrogen) atoms. The molecule has 0 aliphatic heterocycles. The predicted octanol–water partition coefficient (Wildman–Crippen LogP) is 2.61. The summed E-state index contributed by atoms with van der Waals surface area (Å²) in [5.41, 5.74) is 2.25. The number of hydrogen-bond donors (Lipinski definition) is 2. The lowest BCUT2D eigenvalue weighted by atomic mass is 10.2. The van der Waals surface area contributed by atoms with Crippen LogP contribution in [0.4, 0.5) is 11.4 Å². The van der Waals surface area contributed by atoms with Crippen molar-refractivity contribution >= 4 is 23.2 Å². The molecule has 0 saturated carbocycles. The van der Waals surface area contributed by atoms with Crippen LogP contribution < -0.4 is 20.1 Å². The maximum Gasteiger partial charge on any atom is 0.262 e. The summed E-state index contributed by atoms with van der Waals surface area (Å²) in [4.78, 5) is 23.5. The zero-order chi connectivity index (χ0) is 18.9. The van der Waals surface area contributed by atoms with Gasteiger partial charge >= 0.3 is 0 Å². The Morgan fingerprint density at radius 1 is 0.846 bits per heavy atom. The molecule has 0 radical (unpaired) electrons. The second kappa shape index (κ2) is 9.43. The topological polar surface area (TPSA) is 85.9 Å². The summed E-state index contributed by atoms with van der Waals surface area (Å²) in [6.45, 7) is 1.78. The molecule has 0 aromatic heterocycles. The minimum absolute atomic E-state index is 0.0156. The maximum atomic E-state index is 12.0. The van der Waals surface area contributed by atoms with Crippen LogP contribution in [0.1, 0.15) is 5.56 Å². The number of methoxy groups -OCH3 is 2. The average Bonchev–Trinajstić information content (AvgIpc) is 2.62. The van der Waals surface area contributed by atoms with Crippen molar-refractivity contribution in [3.05, 3.63) is 48.0 Å². The molecule has 0 fully saturated rings. The molecule has 0 spiro atoms. The molecule has 0 atom stereocenters. The van der Waals surface area contributed by atoms with Crippen LogP contribution in [0.5, 0.6) is 11.5 Å². The van der Waals surface area contributed by atoms with Gasteiger partial charge < -0.3 is 24.8 Å². The molecular weight excluding hydrogens is 336 g/mol. The van der Waals surface area contributed by atoms with Crippen molar-refractivity contribution in [1.82, 2.24) is 0 Å². The van der Waals surface area contributed by atoms with Crippen LogP contribution in [-0.2, 0) is 14.3 Å². The highest BCUT2D eigenvalue weighted by Crippen LogP contribution is 2.27. The van der Waals surface area contributed by atoms with Gasteiger partial charge in [-0.3, -0.25) is 9.59 Å². The Bertz CT molecular complexity index is 759. The standard InChI is InChI=1S/C19H22N2O5/c1-13-4-9-16(17(10-13)25-3)26-12-19(23)21-15-7-5-14(6-8-15)20-18(22)11-24-2/h4-10H,11-12H2,1-3H3,(H,20,22)(H,21,23). The SMILES string of the molecule is COCC(=O)Nc1ccc(NC(=O)COc2ccc(C)cc2OC)cc1. The van der Waals surface area contributed by atoms with Crippen molar-refractivity contribution in [2.45, 2.75) is 6.92 Å². The van der Waals surface area contributed by atoms with Crippen LogP contribution in [0.15, 0.2) is 42.5 Å².